The summed E-state index contributed by atoms with van der Waals surface area (Å²) < 4.78 is 11.2. The molecule has 114 valence electrons. The van der Waals surface area contributed by atoms with E-state index in [4.69, 9.17) is 21.1 Å². The van der Waals surface area contributed by atoms with E-state index in [0.717, 1.165) is 24.8 Å². The number of fused-ring (bicyclic) bond motifs is 2. The third-order valence-corrected chi connectivity index (χ3v) is 4.64. The molecule has 2 saturated heterocycles. The fourth-order valence-electron chi connectivity index (χ4n) is 3.28. The third-order valence-electron chi connectivity index (χ3n) is 4.41. The Morgan fingerprint density at radius 2 is 2.38 bits per heavy atom. The average molecular weight is 310 g/mol. The van der Waals surface area contributed by atoms with Gasteiger partial charge in [-0.2, -0.15) is 0 Å². The molecule has 2 fully saturated rings. The number of methoxy groups -OCH3 is 1. The van der Waals surface area contributed by atoms with Crippen LogP contribution in [0.2, 0.25) is 5.02 Å². The summed E-state index contributed by atoms with van der Waals surface area (Å²) in [6.45, 7) is 0.448. The van der Waals surface area contributed by atoms with Gasteiger partial charge < -0.3 is 14.8 Å². The normalized spacial score (nSPS) is 28.6. The molecule has 0 spiro atoms. The second-order valence-corrected chi connectivity index (χ2v) is 6.18. The van der Waals surface area contributed by atoms with E-state index in [1.54, 1.807) is 7.11 Å². The molecular weight excluding hydrogens is 290 g/mol. The summed E-state index contributed by atoms with van der Waals surface area (Å²) in [5.41, 5.74) is 0.967. The summed E-state index contributed by atoms with van der Waals surface area (Å²) in [5.74, 6) is 0.0758. The van der Waals surface area contributed by atoms with Crippen LogP contribution in [0.3, 0.4) is 0 Å². The number of carbonyl (C=O) groups excluding carboxylic acids is 1. The van der Waals surface area contributed by atoms with Crippen LogP contribution in [0.1, 0.15) is 30.9 Å². The standard InChI is InChI=1S/C16H20ClNO3/c1-20-15(10-3-2-4-11(17)7-10)9-18-16(19)13-8-12-5-6-14(13)21-12/h2-4,7,12-15H,5-6,8-9H2,1H3,(H,18,19)/t12-,13+,14-,15-/m1/s1. The van der Waals surface area contributed by atoms with Gasteiger partial charge in [0, 0.05) is 18.7 Å². The molecule has 0 saturated carbocycles. The Balaban J connectivity index is 1.57. The minimum absolute atomic E-state index is 0.000572. The second-order valence-electron chi connectivity index (χ2n) is 5.74. The average Bonchev–Trinajstić information content (AvgIpc) is 3.10. The van der Waals surface area contributed by atoms with E-state index in [1.165, 1.54) is 0 Å². The maximum absolute atomic E-state index is 12.3. The topological polar surface area (TPSA) is 47.6 Å². The summed E-state index contributed by atoms with van der Waals surface area (Å²) in [7, 11) is 1.64. The number of hydrogen-bond acceptors (Lipinski definition) is 3. The minimum Gasteiger partial charge on any atom is -0.375 e. The number of rotatable bonds is 5. The van der Waals surface area contributed by atoms with Gasteiger partial charge in [-0.25, -0.2) is 0 Å². The molecule has 2 aliphatic heterocycles. The highest BCUT2D eigenvalue weighted by Crippen LogP contribution is 2.38. The van der Waals surface area contributed by atoms with E-state index in [-0.39, 0.29) is 30.1 Å². The van der Waals surface area contributed by atoms with Crippen molar-refractivity contribution in [3.63, 3.8) is 0 Å². The van der Waals surface area contributed by atoms with E-state index < -0.39 is 0 Å². The molecule has 21 heavy (non-hydrogen) atoms. The number of hydrogen-bond donors (Lipinski definition) is 1. The van der Waals surface area contributed by atoms with Gasteiger partial charge in [0.15, 0.2) is 0 Å². The molecular formula is C16H20ClNO3. The van der Waals surface area contributed by atoms with Crippen molar-refractivity contribution in [2.45, 2.75) is 37.6 Å². The third kappa shape index (κ3) is 3.23. The van der Waals surface area contributed by atoms with Gasteiger partial charge in [0.1, 0.15) is 0 Å². The number of ether oxygens (including phenoxy) is 2. The monoisotopic (exact) mass is 309 g/mol. The first-order valence-corrected chi connectivity index (χ1v) is 7.76. The highest BCUT2D eigenvalue weighted by atomic mass is 35.5. The van der Waals surface area contributed by atoms with Crippen LogP contribution in [0.15, 0.2) is 24.3 Å². The maximum atomic E-state index is 12.3. The summed E-state index contributed by atoms with van der Waals surface area (Å²) >= 11 is 6.00. The van der Waals surface area contributed by atoms with Gasteiger partial charge in [-0.1, -0.05) is 23.7 Å². The van der Waals surface area contributed by atoms with Gasteiger partial charge in [-0.05, 0) is 37.0 Å². The summed E-state index contributed by atoms with van der Waals surface area (Å²) in [6.07, 6.45) is 3.17. The van der Waals surface area contributed by atoms with Gasteiger partial charge >= 0.3 is 0 Å². The van der Waals surface area contributed by atoms with E-state index in [2.05, 4.69) is 5.32 Å². The number of benzene rings is 1. The molecule has 0 unspecified atom stereocenters. The number of carbonyl (C=O) groups is 1. The molecule has 4 nitrogen and oxygen atoms in total. The van der Waals surface area contributed by atoms with Crippen molar-refractivity contribution >= 4 is 17.5 Å². The van der Waals surface area contributed by atoms with Gasteiger partial charge in [-0.3, -0.25) is 4.79 Å². The van der Waals surface area contributed by atoms with E-state index in [9.17, 15) is 4.79 Å². The second kappa shape index (κ2) is 6.34. The zero-order valence-electron chi connectivity index (χ0n) is 12.0. The van der Waals surface area contributed by atoms with Crippen LogP contribution in [0.4, 0.5) is 0 Å². The van der Waals surface area contributed by atoms with E-state index in [1.807, 2.05) is 24.3 Å². The molecule has 0 aromatic heterocycles. The molecule has 1 amide bonds. The Hall–Kier alpha value is -1.10. The summed E-state index contributed by atoms with van der Waals surface area (Å²) in [5, 5.41) is 3.66. The molecule has 1 aromatic carbocycles. The Bertz CT molecular complexity index is 522. The molecule has 0 radical (unpaired) electrons. The molecule has 2 bridgehead atoms. The first-order valence-electron chi connectivity index (χ1n) is 7.39. The van der Waals surface area contributed by atoms with Crippen molar-refractivity contribution in [1.82, 2.24) is 5.32 Å². The van der Waals surface area contributed by atoms with Crippen molar-refractivity contribution in [3.8, 4) is 0 Å². The maximum Gasteiger partial charge on any atom is 0.225 e. The Kier molecular flexibility index (Phi) is 4.48. The van der Waals surface area contributed by atoms with E-state index in [0.29, 0.717) is 11.6 Å². The molecule has 0 aliphatic carbocycles. The van der Waals surface area contributed by atoms with Gasteiger partial charge in [0.05, 0.1) is 24.2 Å². The Morgan fingerprint density at radius 3 is 3.00 bits per heavy atom. The molecule has 1 aromatic rings. The quantitative estimate of drug-likeness (QED) is 0.909. The zero-order chi connectivity index (χ0) is 14.8. The SMILES string of the molecule is CO[C@H](CNC(=O)[C@H]1C[C@H]2CC[C@H]1O2)c1cccc(Cl)c1. The molecule has 3 rings (SSSR count). The first kappa shape index (κ1) is 14.8. The number of halogens is 1. The van der Waals surface area contributed by atoms with Crippen molar-refractivity contribution in [3.05, 3.63) is 34.9 Å². The lowest BCUT2D eigenvalue weighted by molar-refractivity contribution is -0.127. The van der Waals surface area contributed by atoms with Crippen LogP contribution in [0.25, 0.3) is 0 Å². The highest BCUT2D eigenvalue weighted by Gasteiger charge is 2.44. The van der Waals surface area contributed by atoms with Gasteiger partial charge in [0.25, 0.3) is 0 Å². The summed E-state index contributed by atoms with van der Waals surface area (Å²) in [6, 6.07) is 7.52. The van der Waals surface area contributed by atoms with Crippen molar-refractivity contribution in [1.29, 1.82) is 0 Å². The Labute approximate surface area is 129 Å². The van der Waals surface area contributed by atoms with Crippen LogP contribution >= 0.6 is 11.6 Å². The largest absolute Gasteiger partial charge is 0.375 e. The van der Waals surface area contributed by atoms with Gasteiger partial charge in [-0.15, -0.1) is 0 Å². The molecule has 2 aliphatic rings. The molecule has 1 N–H and O–H groups in total. The highest BCUT2D eigenvalue weighted by molar-refractivity contribution is 6.30. The fraction of sp³-hybridized carbons (Fsp3) is 0.562. The van der Waals surface area contributed by atoms with Crippen LogP contribution in [0, 0.1) is 5.92 Å². The zero-order valence-corrected chi connectivity index (χ0v) is 12.8. The summed E-state index contributed by atoms with van der Waals surface area (Å²) in [4.78, 5) is 12.3. The van der Waals surface area contributed by atoms with Crippen molar-refractivity contribution in [2.24, 2.45) is 5.92 Å². The molecule has 4 atom stereocenters. The van der Waals surface area contributed by atoms with Crippen LogP contribution in [0.5, 0.6) is 0 Å². The van der Waals surface area contributed by atoms with Gasteiger partial charge in [0.2, 0.25) is 5.91 Å². The lowest BCUT2D eigenvalue weighted by Crippen LogP contribution is -2.38. The predicted molar refractivity (Wildman–Crippen MR) is 80.2 cm³/mol. The fourth-order valence-corrected chi connectivity index (χ4v) is 3.48. The van der Waals surface area contributed by atoms with Crippen molar-refractivity contribution in [2.75, 3.05) is 13.7 Å². The van der Waals surface area contributed by atoms with Crippen LogP contribution in [-0.2, 0) is 14.3 Å². The lowest BCUT2D eigenvalue weighted by Gasteiger charge is -2.21. The van der Waals surface area contributed by atoms with E-state index >= 15 is 0 Å². The van der Waals surface area contributed by atoms with Crippen LogP contribution < -0.4 is 5.32 Å². The first-order chi connectivity index (χ1) is 10.2. The number of nitrogens with one attached hydrogen (secondary N) is 1. The minimum atomic E-state index is -0.188. The van der Waals surface area contributed by atoms with Crippen molar-refractivity contribution < 1.29 is 14.3 Å². The smallest absolute Gasteiger partial charge is 0.225 e. The van der Waals surface area contributed by atoms with Crippen LogP contribution in [-0.4, -0.2) is 31.8 Å². The predicted octanol–water partition coefficient (Wildman–Crippen LogP) is 2.71. The molecule has 2 heterocycles. The molecule has 5 heteroatoms. The lowest BCUT2D eigenvalue weighted by atomic mass is 9.88. The number of amides is 1. The Morgan fingerprint density at radius 1 is 1.52 bits per heavy atom.